The number of hydrogen-bond donors (Lipinski definition) is 2. The molecule has 5 rings (SSSR count). The molecule has 1 aliphatic carbocycles. The maximum Gasteiger partial charge on any atom is 0.175 e. The van der Waals surface area contributed by atoms with Crippen molar-refractivity contribution in [3.63, 3.8) is 0 Å². The van der Waals surface area contributed by atoms with Gasteiger partial charge in [0.15, 0.2) is 11.2 Å². The molecular weight excluding hydrogens is 400 g/mol. The summed E-state index contributed by atoms with van der Waals surface area (Å²) in [6.07, 6.45) is 2.00. The van der Waals surface area contributed by atoms with Crippen molar-refractivity contribution in [3.05, 3.63) is 94.3 Å². The predicted octanol–water partition coefficient (Wildman–Crippen LogP) is 3.88. The van der Waals surface area contributed by atoms with E-state index in [4.69, 9.17) is 16.3 Å². The number of aliphatic hydroxyl groups excluding tert-OH is 1. The van der Waals surface area contributed by atoms with Crippen molar-refractivity contribution in [2.75, 3.05) is 6.61 Å². The van der Waals surface area contributed by atoms with Gasteiger partial charge >= 0.3 is 0 Å². The molecule has 2 aromatic carbocycles. The molecule has 0 bridgehead atoms. The van der Waals surface area contributed by atoms with E-state index in [0.717, 1.165) is 11.1 Å². The maximum atomic E-state index is 12.2. The van der Waals surface area contributed by atoms with Gasteiger partial charge in [0.05, 0.1) is 16.7 Å². The lowest BCUT2D eigenvalue weighted by Crippen LogP contribution is -2.51. The molecule has 6 heteroatoms. The van der Waals surface area contributed by atoms with Gasteiger partial charge in [0.2, 0.25) is 0 Å². The Bertz CT molecular complexity index is 1150. The molecule has 30 heavy (non-hydrogen) atoms. The number of halogens is 1. The first-order valence-corrected chi connectivity index (χ1v) is 10.2. The Labute approximate surface area is 179 Å². The number of aromatic nitrogens is 1. The molecule has 2 aliphatic rings. The van der Waals surface area contributed by atoms with Gasteiger partial charge in [-0.3, -0.25) is 4.98 Å². The standard InChI is InChI=1S/C24H19ClN2O3/c25-19-11-21-22(27-13-19)23(29)18(14-28)10-20(16-4-2-1-3-5-16)24(23,30-21)17-8-6-15(12-26)7-9-17/h1-9,11,13,18,20,28-29H,10,14H2/t18-,20+,23-,24+/m1/s1. The van der Waals surface area contributed by atoms with E-state index in [0.29, 0.717) is 28.5 Å². The van der Waals surface area contributed by atoms with Crippen LogP contribution in [-0.2, 0) is 11.2 Å². The Balaban J connectivity index is 1.80. The smallest absolute Gasteiger partial charge is 0.175 e. The van der Waals surface area contributed by atoms with Crippen LogP contribution in [0.15, 0.2) is 66.9 Å². The average Bonchev–Trinajstić information content (AvgIpc) is 3.18. The Morgan fingerprint density at radius 2 is 1.90 bits per heavy atom. The van der Waals surface area contributed by atoms with Crippen LogP contribution in [0.3, 0.4) is 0 Å². The number of hydrogen-bond acceptors (Lipinski definition) is 5. The maximum absolute atomic E-state index is 12.2. The van der Waals surface area contributed by atoms with Crippen LogP contribution in [0.5, 0.6) is 5.75 Å². The van der Waals surface area contributed by atoms with Crippen LogP contribution in [0.4, 0.5) is 0 Å². The normalized spacial score (nSPS) is 29.0. The number of pyridine rings is 1. The minimum atomic E-state index is -1.56. The molecule has 4 atom stereocenters. The molecule has 1 saturated carbocycles. The van der Waals surface area contributed by atoms with E-state index in [1.807, 2.05) is 42.5 Å². The van der Waals surface area contributed by atoms with Crippen molar-refractivity contribution in [2.45, 2.75) is 23.5 Å². The SMILES string of the molecule is N#Cc1ccc([C@@]23Oc4cc(Cl)cnc4[C@]2(O)[C@@H](CO)C[C@H]3c2ccccc2)cc1. The average molecular weight is 419 g/mol. The molecule has 2 N–H and O–H groups in total. The number of ether oxygens (including phenoxy) is 1. The summed E-state index contributed by atoms with van der Waals surface area (Å²) in [5.41, 5.74) is -0.151. The van der Waals surface area contributed by atoms with Crippen LogP contribution >= 0.6 is 11.6 Å². The van der Waals surface area contributed by atoms with Gasteiger partial charge in [0, 0.05) is 30.7 Å². The Morgan fingerprint density at radius 1 is 1.17 bits per heavy atom. The van der Waals surface area contributed by atoms with Crippen LogP contribution in [-0.4, -0.2) is 21.8 Å². The van der Waals surface area contributed by atoms with Crippen molar-refractivity contribution < 1.29 is 14.9 Å². The molecule has 1 fully saturated rings. The Hall–Kier alpha value is -2.91. The molecule has 0 radical (unpaired) electrons. The highest BCUT2D eigenvalue weighted by atomic mass is 35.5. The molecular formula is C24H19ClN2O3. The second-order valence-electron chi connectivity index (χ2n) is 7.87. The van der Waals surface area contributed by atoms with Gasteiger partial charge in [0.25, 0.3) is 0 Å². The van der Waals surface area contributed by atoms with Gasteiger partial charge in [-0.25, -0.2) is 0 Å². The van der Waals surface area contributed by atoms with Crippen molar-refractivity contribution in [1.82, 2.24) is 4.98 Å². The van der Waals surface area contributed by atoms with Crippen molar-refractivity contribution in [2.24, 2.45) is 5.92 Å². The highest BCUT2D eigenvalue weighted by Crippen LogP contribution is 2.68. The summed E-state index contributed by atoms with van der Waals surface area (Å²) in [6, 6.07) is 20.7. The van der Waals surface area contributed by atoms with E-state index < -0.39 is 17.1 Å². The molecule has 0 saturated heterocycles. The van der Waals surface area contributed by atoms with Crippen LogP contribution in [0, 0.1) is 17.2 Å². The first-order valence-electron chi connectivity index (χ1n) is 9.78. The summed E-state index contributed by atoms with van der Waals surface area (Å²) in [6.45, 7) is -0.217. The van der Waals surface area contributed by atoms with Crippen molar-refractivity contribution >= 4 is 11.6 Å². The number of benzene rings is 2. The van der Waals surface area contributed by atoms with Gasteiger partial charge in [-0.1, -0.05) is 54.1 Å². The fourth-order valence-corrected chi connectivity index (χ4v) is 5.35. The van der Waals surface area contributed by atoms with Gasteiger partial charge < -0.3 is 14.9 Å². The minimum absolute atomic E-state index is 0.217. The molecule has 5 nitrogen and oxygen atoms in total. The zero-order valence-electron chi connectivity index (χ0n) is 16.0. The molecule has 0 spiro atoms. The first kappa shape index (κ1) is 19.1. The monoisotopic (exact) mass is 418 g/mol. The van der Waals surface area contributed by atoms with Gasteiger partial charge in [0.1, 0.15) is 11.4 Å². The van der Waals surface area contributed by atoms with Crippen LogP contribution in [0.2, 0.25) is 5.02 Å². The van der Waals surface area contributed by atoms with E-state index in [1.165, 1.54) is 6.20 Å². The summed E-state index contributed by atoms with van der Waals surface area (Å²) < 4.78 is 6.57. The topological polar surface area (TPSA) is 86.4 Å². The lowest BCUT2D eigenvalue weighted by Gasteiger charge is -2.41. The van der Waals surface area contributed by atoms with Crippen molar-refractivity contribution in [1.29, 1.82) is 5.26 Å². The predicted molar refractivity (Wildman–Crippen MR) is 111 cm³/mol. The molecule has 1 aromatic heterocycles. The Morgan fingerprint density at radius 3 is 2.57 bits per heavy atom. The number of nitriles is 1. The second-order valence-corrected chi connectivity index (χ2v) is 8.31. The summed E-state index contributed by atoms with van der Waals surface area (Å²) in [4.78, 5) is 4.43. The molecule has 3 aromatic rings. The number of aliphatic hydroxyl groups is 2. The van der Waals surface area contributed by atoms with E-state index >= 15 is 0 Å². The van der Waals surface area contributed by atoms with Gasteiger partial charge in [-0.15, -0.1) is 0 Å². The molecule has 2 heterocycles. The van der Waals surface area contributed by atoms with E-state index in [-0.39, 0.29) is 12.5 Å². The first-order chi connectivity index (χ1) is 14.5. The van der Waals surface area contributed by atoms with Gasteiger partial charge in [-0.2, -0.15) is 5.26 Å². The highest BCUT2D eigenvalue weighted by Gasteiger charge is 2.73. The summed E-state index contributed by atoms with van der Waals surface area (Å²) in [5.74, 6) is -0.330. The highest BCUT2D eigenvalue weighted by molar-refractivity contribution is 6.30. The number of fused-ring (bicyclic) bond motifs is 3. The largest absolute Gasteiger partial charge is 0.476 e. The minimum Gasteiger partial charge on any atom is -0.476 e. The molecule has 0 unspecified atom stereocenters. The third kappa shape index (κ3) is 2.39. The number of nitrogens with zero attached hydrogens (tertiary/aromatic N) is 2. The fraction of sp³-hybridized carbons (Fsp3) is 0.250. The zero-order chi connectivity index (χ0) is 20.9. The molecule has 0 amide bonds. The van der Waals surface area contributed by atoms with Crippen LogP contribution < -0.4 is 4.74 Å². The van der Waals surface area contributed by atoms with Gasteiger partial charge in [-0.05, 0) is 29.7 Å². The number of rotatable bonds is 3. The summed E-state index contributed by atoms with van der Waals surface area (Å²) in [5, 5.41) is 32.1. The molecule has 150 valence electrons. The van der Waals surface area contributed by atoms with E-state index in [1.54, 1.807) is 18.2 Å². The van der Waals surface area contributed by atoms with Crippen LogP contribution in [0.25, 0.3) is 0 Å². The zero-order valence-corrected chi connectivity index (χ0v) is 16.8. The summed E-state index contributed by atoms with van der Waals surface area (Å²) >= 11 is 6.17. The second kappa shape index (κ2) is 6.82. The van der Waals surface area contributed by atoms with E-state index in [2.05, 4.69) is 11.1 Å². The lowest BCUT2D eigenvalue weighted by atomic mass is 9.71. The van der Waals surface area contributed by atoms with Crippen molar-refractivity contribution in [3.8, 4) is 11.8 Å². The lowest BCUT2D eigenvalue weighted by molar-refractivity contribution is -0.136. The molecule has 1 aliphatic heterocycles. The fourth-order valence-electron chi connectivity index (χ4n) is 5.20. The summed E-state index contributed by atoms with van der Waals surface area (Å²) in [7, 11) is 0. The quantitative estimate of drug-likeness (QED) is 0.674. The Kier molecular flexibility index (Phi) is 4.33. The third-order valence-corrected chi connectivity index (χ3v) is 6.69. The van der Waals surface area contributed by atoms with Crippen LogP contribution in [0.1, 0.15) is 34.7 Å². The van der Waals surface area contributed by atoms with E-state index in [9.17, 15) is 15.5 Å². The third-order valence-electron chi connectivity index (χ3n) is 6.48.